The minimum absolute atomic E-state index is 0.188. The number of halogens is 1. The highest BCUT2D eigenvalue weighted by molar-refractivity contribution is 7.91. The van der Waals surface area contributed by atoms with Crippen molar-refractivity contribution in [1.29, 1.82) is 0 Å². The van der Waals surface area contributed by atoms with Crippen LogP contribution in [0.25, 0.3) is 0 Å². The number of thiophene rings is 2. The van der Waals surface area contributed by atoms with Crippen molar-refractivity contribution in [2.75, 3.05) is 18.4 Å². The van der Waals surface area contributed by atoms with Crippen LogP contribution in [-0.4, -0.2) is 37.6 Å². The van der Waals surface area contributed by atoms with E-state index in [0.717, 1.165) is 47.5 Å². The predicted molar refractivity (Wildman–Crippen MR) is 119 cm³/mol. The summed E-state index contributed by atoms with van der Waals surface area (Å²) in [4.78, 5) is 26.0. The molecule has 4 rings (SSSR count). The fourth-order valence-corrected chi connectivity index (χ4v) is 8.45. The van der Waals surface area contributed by atoms with Crippen LogP contribution in [0.2, 0.25) is 4.34 Å². The zero-order valence-corrected chi connectivity index (χ0v) is 19.4. The van der Waals surface area contributed by atoms with Gasteiger partial charge in [-0.1, -0.05) is 11.6 Å². The van der Waals surface area contributed by atoms with Gasteiger partial charge in [0.25, 0.3) is 15.9 Å². The Bertz CT molecular complexity index is 1080. The fourth-order valence-electron chi connectivity index (χ4n) is 4.05. The van der Waals surface area contributed by atoms with E-state index < -0.39 is 15.9 Å². The van der Waals surface area contributed by atoms with E-state index in [1.807, 2.05) is 0 Å². The van der Waals surface area contributed by atoms with Crippen LogP contribution in [0.4, 0.5) is 5.00 Å². The number of nitrogens with zero attached hydrogens (tertiary/aromatic N) is 1. The van der Waals surface area contributed by atoms with Gasteiger partial charge in [0.1, 0.15) is 9.21 Å². The van der Waals surface area contributed by atoms with Gasteiger partial charge >= 0.3 is 0 Å². The molecule has 7 nitrogen and oxygen atoms in total. The third-order valence-corrected chi connectivity index (χ3v) is 10.4. The number of nitrogens with one attached hydrogen (secondary N) is 1. The predicted octanol–water partition coefficient (Wildman–Crippen LogP) is 3.48. The Labute approximate surface area is 188 Å². The first-order valence-electron chi connectivity index (χ1n) is 9.78. The molecule has 3 N–H and O–H groups in total. The molecule has 0 aromatic carbocycles. The molecule has 11 heteroatoms. The monoisotopic (exact) mass is 487 g/mol. The number of sulfonamides is 1. The molecule has 1 aliphatic heterocycles. The summed E-state index contributed by atoms with van der Waals surface area (Å²) in [7, 11) is -3.59. The maximum atomic E-state index is 12.8. The quantitative estimate of drug-likeness (QED) is 0.672. The minimum Gasteiger partial charge on any atom is -0.365 e. The summed E-state index contributed by atoms with van der Waals surface area (Å²) in [6.07, 6.45) is 4.63. The first-order chi connectivity index (χ1) is 14.3. The molecule has 2 amide bonds. The Morgan fingerprint density at radius 1 is 1.13 bits per heavy atom. The summed E-state index contributed by atoms with van der Waals surface area (Å²) >= 11 is 8.34. The molecule has 1 fully saturated rings. The van der Waals surface area contributed by atoms with Crippen molar-refractivity contribution < 1.29 is 18.0 Å². The number of anilines is 1. The molecule has 2 aromatic heterocycles. The van der Waals surface area contributed by atoms with E-state index in [9.17, 15) is 18.0 Å². The third kappa shape index (κ3) is 4.16. The largest absolute Gasteiger partial charge is 0.365 e. The van der Waals surface area contributed by atoms with Crippen molar-refractivity contribution in [2.45, 2.75) is 42.7 Å². The SMILES string of the molecule is NC(=O)c1c(NC(=O)C2CCN(S(=O)(=O)c3ccc(Cl)s3)CC2)sc2c1CCCC2. The van der Waals surface area contributed by atoms with Crippen LogP contribution in [0, 0.1) is 5.92 Å². The molecule has 1 saturated heterocycles. The van der Waals surface area contributed by atoms with Crippen LogP contribution in [0.3, 0.4) is 0 Å². The first kappa shape index (κ1) is 21.8. The Morgan fingerprint density at radius 2 is 1.83 bits per heavy atom. The van der Waals surface area contributed by atoms with E-state index in [2.05, 4.69) is 5.32 Å². The zero-order valence-electron chi connectivity index (χ0n) is 16.1. The van der Waals surface area contributed by atoms with Crippen LogP contribution >= 0.6 is 34.3 Å². The van der Waals surface area contributed by atoms with Gasteiger partial charge in [0, 0.05) is 23.9 Å². The van der Waals surface area contributed by atoms with Gasteiger partial charge in [0.2, 0.25) is 5.91 Å². The number of amides is 2. The fraction of sp³-hybridized carbons (Fsp3) is 0.474. The van der Waals surface area contributed by atoms with E-state index in [1.165, 1.54) is 21.7 Å². The molecule has 162 valence electrons. The first-order valence-corrected chi connectivity index (χ1v) is 13.2. The molecule has 0 bridgehead atoms. The highest BCUT2D eigenvalue weighted by Crippen LogP contribution is 2.38. The van der Waals surface area contributed by atoms with Gasteiger partial charge in [-0.15, -0.1) is 22.7 Å². The van der Waals surface area contributed by atoms with Crippen molar-refractivity contribution in [3.8, 4) is 0 Å². The number of nitrogens with two attached hydrogens (primary N) is 1. The number of carbonyl (C=O) groups excluding carboxylic acids is 2. The van der Waals surface area contributed by atoms with Crippen molar-refractivity contribution in [2.24, 2.45) is 11.7 Å². The Hall–Kier alpha value is -1.46. The maximum absolute atomic E-state index is 12.8. The summed E-state index contributed by atoms with van der Waals surface area (Å²) < 4.78 is 27.5. The van der Waals surface area contributed by atoms with Crippen molar-refractivity contribution in [3.63, 3.8) is 0 Å². The van der Waals surface area contributed by atoms with Gasteiger partial charge in [0.05, 0.1) is 9.90 Å². The normalized spacial score (nSPS) is 18.2. The van der Waals surface area contributed by atoms with Gasteiger partial charge in [-0.3, -0.25) is 9.59 Å². The van der Waals surface area contributed by atoms with Gasteiger partial charge in [0.15, 0.2) is 0 Å². The molecule has 3 heterocycles. The summed E-state index contributed by atoms with van der Waals surface area (Å²) in [5.74, 6) is -1.02. The number of primary amides is 1. The zero-order chi connectivity index (χ0) is 21.5. The number of hydrogen-bond acceptors (Lipinski definition) is 6. The minimum atomic E-state index is -3.59. The van der Waals surface area contributed by atoms with Crippen molar-refractivity contribution >= 4 is 61.1 Å². The molecule has 2 aliphatic rings. The lowest BCUT2D eigenvalue weighted by Crippen LogP contribution is -2.41. The van der Waals surface area contributed by atoms with Crippen LogP contribution < -0.4 is 11.1 Å². The Morgan fingerprint density at radius 3 is 2.47 bits per heavy atom. The number of rotatable bonds is 5. The Balaban J connectivity index is 1.43. The summed E-state index contributed by atoms with van der Waals surface area (Å²) in [6.45, 7) is 0.527. The average Bonchev–Trinajstić information content (AvgIpc) is 3.31. The highest BCUT2D eigenvalue weighted by Gasteiger charge is 2.34. The van der Waals surface area contributed by atoms with Crippen molar-refractivity contribution in [3.05, 3.63) is 32.5 Å². The second-order valence-electron chi connectivity index (χ2n) is 7.51. The second-order valence-corrected chi connectivity index (χ2v) is 12.5. The molecule has 2 aromatic rings. The Kier molecular flexibility index (Phi) is 6.23. The molecular weight excluding hydrogens is 466 g/mol. The van der Waals surface area contributed by atoms with E-state index in [4.69, 9.17) is 17.3 Å². The molecule has 0 atom stereocenters. The number of carbonyl (C=O) groups is 2. The maximum Gasteiger partial charge on any atom is 0.252 e. The summed E-state index contributed by atoms with van der Waals surface area (Å²) in [5.41, 5.74) is 7.01. The lowest BCUT2D eigenvalue weighted by Gasteiger charge is -2.30. The average molecular weight is 488 g/mol. The van der Waals surface area contributed by atoms with E-state index >= 15 is 0 Å². The topological polar surface area (TPSA) is 110 Å². The molecule has 30 heavy (non-hydrogen) atoms. The number of aryl methyl sites for hydroxylation is 1. The van der Waals surface area contributed by atoms with Gasteiger partial charge in [-0.2, -0.15) is 4.31 Å². The molecular formula is C19H22ClN3O4S3. The molecule has 0 saturated carbocycles. The summed E-state index contributed by atoms with van der Waals surface area (Å²) in [5, 5.41) is 3.43. The second kappa shape index (κ2) is 8.58. The molecule has 1 aliphatic carbocycles. The molecule has 0 unspecified atom stereocenters. The van der Waals surface area contributed by atoms with E-state index in [0.29, 0.717) is 27.7 Å². The van der Waals surface area contributed by atoms with Gasteiger partial charge < -0.3 is 11.1 Å². The lowest BCUT2D eigenvalue weighted by atomic mass is 9.95. The third-order valence-electron chi connectivity index (χ3n) is 5.62. The van der Waals surface area contributed by atoms with Crippen LogP contribution in [0.15, 0.2) is 16.3 Å². The number of fused-ring (bicyclic) bond motifs is 1. The smallest absolute Gasteiger partial charge is 0.252 e. The molecule has 0 spiro atoms. The lowest BCUT2D eigenvalue weighted by molar-refractivity contribution is -0.120. The molecule has 0 radical (unpaired) electrons. The standard InChI is InChI=1S/C19H22ClN3O4S3/c20-14-5-6-15(29-14)30(26,27)23-9-7-11(8-10-23)18(25)22-19-16(17(21)24)12-3-1-2-4-13(12)28-19/h5-6,11H,1-4,7-10H2,(H2,21,24)(H,22,25). The number of hydrogen-bond donors (Lipinski definition) is 2. The van der Waals surface area contributed by atoms with Crippen LogP contribution in [0.5, 0.6) is 0 Å². The van der Waals surface area contributed by atoms with Gasteiger partial charge in [-0.05, 0) is 56.2 Å². The van der Waals surface area contributed by atoms with E-state index in [1.54, 1.807) is 6.07 Å². The number of piperidine rings is 1. The van der Waals surface area contributed by atoms with Crippen molar-refractivity contribution in [1.82, 2.24) is 4.31 Å². The highest BCUT2D eigenvalue weighted by atomic mass is 35.5. The summed E-state index contributed by atoms with van der Waals surface area (Å²) in [6, 6.07) is 3.07. The van der Waals surface area contributed by atoms with Crippen LogP contribution in [0.1, 0.15) is 46.5 Å². The van der Waals surface area contributed by atoms with Gasteiger partial charge in [-0.25, -0.2) is 8.42 Å². The van der Waals surface area contributed by atoms with E-state index in [-0.39, 0.29) is 29.1 Å². The van der Waals surface area contributed by atoms with Crippen LogP contribution in [-0.2, 0) is 27.7 Å².